The maximum atomic E-state index is 13.6. The summed E-state index contributed by atoms with van der Waals surface area (Å²) in [7, 11) is -3.61. The molecule has 2 amide bonds. The van der Waals surface area contributed by atoms with Crippen LogP contribution in [0, 0.1) is 27.7 Å². The highest BCUT2D eigenvalue weighted by molar-refractivity contribution is 7.89. The van der Waals surface area contributed by atoms with E-state index in [0.717, 1.165) is 52.3 Å². The Bertz CT molecular complexity index is 2300. The highest BCUT2D eigenvalue weighted by atomic mass is 35.5. The van der Waals surface area contributed by atoms with Crippen LogP contribution in [0.2, 0.25) is 0 Å². The molecule has 72 heavy (non-hydrogen) atoms. The first-order chi connectivity index (χ1) is 33.6. The minimum atomic E-state index is -3.57. The van der Waals surface area contributed by atoms with Crippen molar-refractivity contribution in [2.45, 2.75) is 155 Å². The molecule has 0 bridgehead atoms. The Hall–Kier alpha value is -3.11. The van der Waals surface area contributed by atoms with Crippen molar-refractivity contribution in [3.05, 3.63) is 57.6 Å². The molecule has 5 fully saturated rings. The molecule has 5 aliphatic heterocycles. The fraction of sp³-hybridized carbons (Fsp3) is 0.731. The highest BCUT2D eigenvalue weighted by Gasteiger charge is 2.45. The lowest BCUT2D eigenvalue weighted by Gasteiger charge is -2.38. The quantitative estimate of drug-likeness (QED) is 0.185. The SMILES string of the molecule is C1CCOC1.Cc1cc(N(C)C(=O)OC(C)(C)C)cc(C)c1CC(CCCl)S(=O)(=O)N1CCC2(CC1)OCCO2.Cc1cc(N(C)C(=O)OC(C)(C)C)cc(C)c1CCS(=O)(=O)N1CCC2(CC1)OCCO2. The second kappa shape index (κ2) is 25.2. The summed E-state index contributed by atoms with van der Waals surface area (Å²) in [4.78, 5) is 27.9. The van der Waals surface area contributed by atoms with Crippen LogP contribution in [0.25, 0.3) is 0 Å². The Kier molecular flexibility index (Phi) is 20.9. The minimum absolute atomic E-state index is 0.0463. The predicted octanol–water partition coefficient (Wildman–Crippen LogP) is 8.57. The first kappa shape index (κ1) is 59.8. The topological polar surface area (TPSA) is 180 Å². The Labute approximate surface area is 435 Å². The molecule has 2 aromatic carbocycles. The average molecular weight is 1070 g/mol. The summed E-state index contributed by atoms with van der Waals surface area (Å²) in [5, 5.41) is -0.633. The van der Waals surface area contributed by atoms with E-state index in [0.29, 0.717) is 103 Å². The van der Waals surface area contributed by atoms with Gasteiger partial charge in [-0.3, -0.25) is 9.80 Å². The molecule has 408 valence electrons. The third-order valence-electron chi connectivity index (χ3n) is 13.5. The third-order valence-corrected chi connectivity index (χ3v) is 18.0. The highest BCUT2D eigenvalue weighted by Crippen LogP contribution is 2.36. The van der Waals surface area contributed by atoms with Gasteiger partial charge >= 0.3 is 12.2 Å². The van der Waals surface area contributed by atoms with Crippen molar-refractivity contribution in [3.63, 3.8) is 0 Å². The molecule has 5 saturated heterocycles. The zero-order chi connectivity index (χ0) is 53.3. The van der Waals surface area contributed by atoms with Gasteiger partial charge in [0.15, 0.2) is 11.6 Å². The third kappa shape index (κ3) is 16.4. The number of hydrogen-bond donors (Lipinski definition) is 0. The second-order valence-corrected chi connectivity index (χ2v) is 26.1. The Morgan fingerprint density at radius 2 is 1.01 bits per heavy atom. The van der Waals surface area contributed by atoms with Crippen LogP contribution in [-0.2, 0) is 66.0 Å². The minimum Gasteiger partial charge on any atom is -0.443 e. The van der Waals surface area contributed by atoms with Crippen molar-refractivity contribution in [2.75, 3.05) is 101 Å². The van der Waals surface area contributed by atoms with Gasteiger partial charge in [-0.2, -0.15) is 0 Å². The number of alkyl halides is 1. The number of piperidine rings is 2. The van der Waals surface area contributed by atoms with Gasteiger partial charge in [-0.25, -0.2) is 35.0 Å². The molecule has 1 atom stereocenters. The van der Waals surface area contributed by atoms with Gasteiger partial charge in [0.05, 0.1) is 37.4 Å². The van der Waals surface area contributed by atoms with Gasteiger partial charge in [-0.15, -0.1) is 11.6 Å². The van der Waals surface area contributed by atoms with Crippen molar-refractivity contribution in [2.24, 2.45) is 0 Å². The summed E-state index contributed by atoms with van der Waals surface area (Å²) >= 11 is 6.06. The second-order valence-electron chi connectivity index (χ2n) is 21.4. The van der Waals surface area contributed by atoms with E-state index in [4.69, 9.17) is 44.8 Å². The number of rotatable bonds is 12. The molecule has 0 radical (unpaired) electrons. The average Bonchev–Trinajstić information content (AvgIpc) is 4.12. The summed E-state index contributed by atoms with van der Waals surface area (Å²) < 4.78 is 95.0. The first-order valence-electron chi connectivity index (χ1n) is 25.4. The number of hydrogen-bond acceptors (Lipinski definition) is 13. The zero-order valence-electron chi connectivity index (χ0n) is 45.0. The van der Waals surface area contributed by atoms with E-state index >= 15 is 0 Å². The number of sulfonamides is 2. The fourth-order valence-corrected chi connectivity index (χ4v) is 13.2. The lowest BCUT2D eigenvalue weighted by Crippen LogP contribution is -2.50. The predicted molar refractivity (Wildman–Crippen MR) is 281 cm³/mol. The van der Waals surface area contributed by atoms with Crippen molar-refractivity contribution in [3.8, 4) is 0 Å². The lowest BCUT2D eigenvalue weighted by atomic mass is 9.96. The van der Waals surface area contributed by atoms with E-state index in [1.165, 1.54) is 22.6 Å². The van der Waals surface area contributed by atoms with Crippen LogP contribution >= 0.6 is 11.6 Å². The van der Waals surface area contributed by atoms with Crippen LogP contribution in [0.5, 0.6) is 0 Å². The molecule has 2 aromatic rings. The lowest BCUT2D eigenvalue weighted by molar-refractivity contribution is -0.179. The number of halogens is 1. The number of nitrogens with zero attached hydrogens (tertiary/aromatic N) is 4. The molecule has 5 aliphatic rings. The van der Waals surface area contributed by atoms with Crippen molar-refractivity contribution >= 4 is 55.2 Å². The number of aryl methyl sites for hydroxylation is 4. The molecule has 2 spiro atoms. The molecule has 1 unspecified atom stereocenters. The summed E-state index contributed by atoms with van der Waals surface area (Å²) in [6, 6.07) is 7.60. The largest absolute Gasteiger partial charge is 0.443 e. The maximum Gasteiger partial charge on any atom is 0.414 e. The van der Waals surface area contributed by atoms with E-state index in [9.17, 15) is 26.4 Å². The summed E-state index contributed by atoms with van der Waals surface area (Å²) in [6.45, 7) is 24.6. The number of benzene rings is 2. The number of carbonyl (C=O) groups excluding carboxylic acids is 2. The molecular weight excluding hydrogens is 988 g/mol. The van der Waals surface area contributed by atoms with Gasteiger partial charge in [0, 0.05) is 96.4 Å². The van der Waals surface area contributed by atoms with Gasteiger partial charge in [-0.05, 0) is 159 Å². The van der Waals surface area contributed by atoms with Crippen LogP contribution in [0.3, 0.4) is 0 Å². The molecular formula is C52H83ClN4O13S2. The molecule has 20 heteroatoms. The number of carbonyl (C=O) groups is 2. The van der Waals surface area contributed by atoms with E-state index in [-0.39, 0.29) is 11.6 Å². The Morgan fingerprint density at radius 3 is 1.36 bits per heavy atom. The van der Waals surface area contributed by atoms with E-state index < -0.39 is 60.3 Å². The van der Waals surface area contributed by atoms with Gasteiger partial charge in [0.25, 0.3) is 0 Å². The molecule has 0 saturated carbocycles. The van der Waals surface area contributed by atoms with Gasteiger partial charge in [0.1, 0.15) is 11.2 Å². The smallest absolute Gasteiger partial charge is 0.414 e. The Morgan fingerprint density at radius 1 is 0.639 bits per heavy atom. The van der Waals surface area contributed by atoms with Crippen LogP contribution in [0.15, 0.2) is 24.3 Å². The van der Waals surface area contributed by atoms with Crippen LogP contribution in [0.4, 0.5) is 21.0 Å². The zero-order valence-corrected chi connectivity index (χ0v) is 47.4. The van der Waals surface area contributed by atoms with Crippen LogP contribution < -0.4 is 9.80 Å². The standard InChI is InChI=1S/C25H39ClN2O6S.C23H36N2O6S.C4H8O/c1-18-15-20(27(6)23(29)34-24(3,4)5)16-19(2)22(18)17-21(7-10-26)35(30,31)28-11-8-25(9-12-28)32-13-14-33-25;1-17-15-19(24(6)21(26)31-22(3,4)5)16-18(2)20(17)7-14-32(27,28)25-10-8-23(9-11-25)29-12-13-30-23;1-2-4-5-3-1/h15-16,21H,7-14,17H2,1-6H3;15-16H,7-14H2,1-6H3;1-4H2. The number of ether oxygens (including phenoxy) is 7. The van der Waals surface area contributed by atoms with Gasteiger partial charge in [-0.1, -0.05) is 0 Å². The number of amides is 2. The van der Waals surface area contributed by atoms with Crippen molar-refractivity contribution in [1.82, 2.24) is 8.61 Å². The maximum absolute atomic E-state index is 13.6. The Balaban J connectivity index is 0.000000244. The molecule has 0 N–H and O–H groups in total. The molecule has 0 aromatic heterocycles. The normalized spacial score (nSPS) is 19.8. The van der Waals surface area contributed by atoms with E-state index in [1.54, 1.807) is 22.7 Å². The van der Waals surface area contributed by atoms with E-state index in [2.05, 4.69) is 0 Å². The van der Waals surface area contributed by atoms with E-state index in [1.807, 2.05) is 93.5 Å². The summed E-state index contributed by atoms with van der Waals surface area (Å²) in [5.74, 6) is -0.914. The summed E-state index contributed by atoms with van der Waals surface area (Å²) in [6.07, 6.45) is 5.02. The fourth-order valence-electron chi connectivity index (χ4n) is 9.46. The molecule has 0 aliphatic carbocycles. The molecule has 5 heterocycles. The van der Waals surface area contributed by atoms with Crippen molar-refractivity contribution < 1.29 is 59.6 Å². The van der Waals surface area contributed by atoms with Crippen molar-refractivity contribution in [1.29, 1.82) is 0 Å². The molecule has 17 nitrogen and oxygen atoms in total. The monoisotopic (exact) mass is 1070 g/mol. The van der Waals surface area contributed by atoms with Crippen LogP contribution in [-0.4, -0.2) is 157 Å². The van der Waals surface area contributed by atoms with Crippen LogP contribution in [0.1, 0.15) is 120 Å². The van der Waals surface area contributed by atoms with Gasteiger partial charge < -0.3 is 33.2 Å². The number of anilines is 2. The first-order valence-corrected chi connectivity index (χ1v) is 29.0. The van der Waals surface area contributed by atoms with Gasteiger partial charge in [0.2, 0.25) is 20.0 Å². The summed E-state index contributed by atoms with van der Waals surface area (Å²) in [5.41, 5.74) is 5.97. The molecule has 7 rings (SSSR count).